The van der Waals surface area contributed by atoms with Crippen LogP contribution in [-0.2, 0) is 12.8 Å². The van der Waals surface area contributed by atoms with Crippen molar-refractivity contribution in [1.29, 1.82) is 0 Å². The van der Waals surface area contributed by atoms with Gasteiger partial charge in [-0.3, -0.25) is 0 Å². The predicted molar refractivity (Wildman–Crippen MR) is 113 cm³/mol. The molecule has 0 fully saturated rings. The molecule has 0 amide bonds. The maximum Gasteiger partial charge on any atom is 0.170 e. The summed E-state index contributed by atoms with van der Waals surface area (Å²) in [6, 6.07) is 14.5. The molecule has 146 valence electrons. The fraction of sp³-hybridized carbons (Fsp3) is 0.348. The molecule has 28 heavy (non-hydrogen) atoms. The Labute approximate surface area is 166 Å². The van der Waals surface area contributed by atoms with Crippen molar-refractivity contribution in [2.45, 2.75) is 32.6 Å². The average Bonchev–Trinajstić information content (AvgIpc) is 2.93. The summed E-state index contributed by atoms with van der Waals surface area (Å²) in [5.74, 6) is 2.54. The predicted octanol–water partition coefficient (Wildman–Crippen LogP) is 4.87. The lowest BCUT2D eigenvalue weighted by atomic mass is 10.0. The van der Waals surface area contributed by atoms with Crippen LogP contribution in [0.2, 0.25) is 0 Å². The van der Waals surface area contributed by atoms with E-state index in [0.29, 0.717) is 0 Å². The first kappa shape index (κ1) is 18.4. The first-order chi connectivity index (χ1) is 13.8. The molecule has 2 heterocycles. The van der Waals surface area contributed by atoms with Gasteiger partial charge in [0.05, 0.1) is 19.9 Å². The van der Waals surface area contributed by atoms with E-state index < -0.39 is 0 Å². The second kappa shape index (κ2) is 7.97. The Bertz CT molecular complexity index is 978. The normalized spacial score (nSPS) is 13.4. The number of aryl methyl sites for hydroxylation is 1. The van der Waals surface area contributed by atoms with Gasteiger partial charge in [0.25, 0.3) is 0 Å². The van der Waals surface area contributed by atoms with E-state index >= 15 is 0 Å². The summed E-state index contributed by atoms with van der Waals surface area (Å²) >= 11 is 0. The van der Waals surface area contributed by atoms with Gasteiger partial charge in [-0.1, -0.05) is 31.2 Å². The molecule has 1 N–H and O–H groups in total. The van der Waals surface area contributed by atoms with E-state index in [1.54, 1.807) is 14.2 Å². The van der Waals surface area contributed by atoms with Crippen molar-refractivity contribution in [2.24, 2.45) is 0 Å². The molecule has 3 aromatic rings. The number of hydrogen-bond donors (Lipinski definition) is 1. The molecule has 4 rings (SSSR count). The summed E-state index contributed by atoms with van der Waals surface area (Å²) in [5, 5.41) is 8.71. The Morgan fingerprint density at radius 2 is 1.89 bits per heavy atom. The number of nitrogens with one attached hydrogen (secondary N) is 1. The van der Waals surface area contributed by atoms with Crippen LogP contribution in [0, 0.1) is 0 Å². The lowest BCUT2D eigenvalue weighted by Gasteiger charge is -2.12. The topological polar surface area (TPSA) is 48.3 Å². The second-order valence-electron chi connectivity index (χ2n) is 6.99. The van der Waals surface area contributed by atoms with Crippen LogP contribution in [-0.4, -0.2) is 30.5 Å². The Balaban J connectivity index is 1.97. The zero-order chi connectivity index (χ0) is 19.5. The third kappa shape index (κ3) is 3.11. The first-order valence-electron chi connectivity index (χ1n) is 9.93. The third-order valence-electron chi connectivity index (χ3n) is 5.39. The van der Waals surface area contributed by atoms with E-state index in [0.717, 1.165) is 66.5 Å². The van der Waals surface area contributed by atoms with Crippen molar-refractivity contribution < 1.29 is 9.47 Å². The molecule has 0 atom stereocenters. The number of fused-ring (bicyclic) bond motifs is 1. The molecule has 5 nitrogen and oxygen atoms in total. The highest BCUT2D eigenvalue weighted by atomic mass is 16.5. The lowest BCUT2D eigenvalue weighted by molar-refractivity contribution is 0.356. The van der Waals surface area contributed by atoms with Crippen LogP contribution in [0.4, 0.5) is 5.82 Å². The van der Waals surface area contributed by atoms with Gasteiger partial charge in [0.15, 0.2) is 11.5 Å². The van der Waals surface area contributed by atoms with E-state index in [4.69, 9.17) is 14.6 Å². The Kier molecular flexibility index (Phi) is 5.24. The van der Waals surface area contributed by atoms with Crippen molar-refractivity contribution in [2.75, 3.05) is 26.1 Å². The molecule has 2 aromatic carbocycles. The van der Waals surface area contributed by atoms with E-state index in [9.17, 15) is 0 Å². The minimum atomic E-state index is 0.721. The van der Waals surface area contributed by atoms with Crippen molar-refractivity contribution in [3.63, 3.8) is 0 Å². The van der Waals surface area contributed by atoms with E-state index in [1.807, 2.05) is 12.1 Å². The highest BCUT2D eigenvalue weighted by molar-refractivity contribution is 5.78. The molecule has 1 aliphatic heterocycles. The van der Waals surface area contributed by atoms with Crippen LogP contribution in [0.1, 0.15) is 30.9 Å². The molecular formula is C23H27N3O2. The minimum absolute atomic E-state index is 0.721. The van der Waals surface area contributed by atoms with E-state index in [1.165, 1.54) is 11.1 Å². The summed E-state index contributed by atoms with van der Waals surface area (Å²) in [4.78, 5) is 0. The summed E-state index contributed by atoms with van der Waals surface area (Å²) in [6.45, 7) is 3.14. The van der Waals surface area contributed by atoms with Gasteiger partial charge in [-0.05, 0) is 49.4 Å². The fourth-order valence-electron chi connectivity index (χ4n) is 3.98. The highest BCUT2D eigenvalue weighted by Gasteiger charge is 2.25. The third-order valence-corrected chi connectivity index (χ3v) is 5.39. The number of aromatic nitrogens is 2. The van der Waals surface area contributed by atoms with Gasteiger partial charge in [0, 0.05) is 17.7 Å². The molecule has 1 aromatic heterocycles. The van der Waals surface area contributed by atoms with Crippen molar-refractivity contribution in [1.82, 2.24) is 9.78 Å². The monoisotopic (exact) mass is 377 g/mol. The van der Waals surface area contributed by atoms with Gasteiger partial charge in [-0.15, -0.1) is 0 Å². The maximum atomic E-state index is 5.71. The minimum Gasteiger partial charge on any atom is -0.493 e. The van der Waals surface area contributed by atoms with Crippen LogP contribution >= 0.6 is 0 Å². The average molecular weight is 377 g/mol. The molecule has 0 unspecified atom stereocenters. The van der Waals surface area contributed by atoms with Gasteiger partial charge in [-0.25, -0.2) is 4.68 Å². The number of benzene rings is 2. The van der Waals surface area contributed by atoms with Gasteiger partial charge in [-0.2, -0.15) is 5.10 Å². The smallest absolute Gasteiger partial charge is 0.170 e. The quantitative estimate of drug-likeness (QED) is 0.689. The highest BCUT2D eigenvalue weighted by Crippen LogP contribution is 2.42. The molecule has 5 heteroatoms. The number of hydrogen-bond acceptors (Lipinski definition) is 4. The van der Waals surface area contributed by atoms with Crippen molar-refractivity contribution in [3.8, 4) is 28.4 Å². The van der Waals surface area contributed by atoms with Crippen LogP contribution in [0.3, 0.4) is 0 Å². The molecule has 1 aliphatic rings. The number of nitrogens with zero attached hydrogens (tertiary/aromatic N) is 2. The zero-order valence-electron chi connectivity index (χ0n) is 16.8. The molecular weight excluding hydrogens is 350 g/mol. The number of ether oxygens (including phenoxy) is 2. The first-order valence-corrected chi connectivity index (χ1v) is 9.93. The molecule has 0 spiro atoms. The summed E-state index contributed by atoms with van der Waals surface area (Å²) in [6.07, 6.45) is 4.24. The van der Waals surface area contributed by atoms with Crippen LogP contribution in [0.5, 0.6) is 11.5 Å². The summed E-state index contributed by atoms with van der Waals surface area (Å²) in [5.41, 5.74) is 5.59. The molecule has 0 aliphatic carbocycles. The Morgan fingerprint density at radius 1 is 1.04 bits per heavy atom. The van der Waals surface area contributed by atoms with Gasteiger partial charge in [0.2, 0.25) is 0 Å². The molecule has 0 saturated heterocycles. The van der Waals surface area contributed by atoms with Crippen LogP contribution < -0.4 is 14.8 Å². The number of para-hydroxylation sites is 2. The number of anilines is 1. The largest absolute Gasteiger partial charge is 0.493 e. The van der Waals surface area contributed by atoms with Crippen molar-refractivity contribution >= 4 is 5.82 Å². The SMILES string of the molecule is CCc1ccccc1-n1nc(-c2cccc(OC)c2OC)c2c1NCCCC2. The van der Waals surface area contributed by atoms with Gasteiger partial charge >= 0.3 is 0 Å². The standard InChI is InChI=1S/C23H27N3O2/c1-4-16-10-5-6-13-19(16)26-23-18(11-7-8-15-24-23)21(25-26)17-12-9-14-20(27-2)22(17)28-3/h5-6,9-10,12-14,24H,4,7-8,11,15H2,1-3H3. The van der Waals surface area contributed by atoms with Crippen LogP contribution in [0.25, 0.3) is 16.9 Å². The van der Waals surface area contributed by atoms with Gasteiger partial charge < -0.3 is 14.8 Å². The summed E-state index contributed by atoms with van der Waals surface area (Å²) in [7, 11) is 3.35. The fourth-order valence-corrected chi connectivity index (χ4v) is 3.98. The molecule has 0 saturated carbocycles. The second-order valence-corrected chi connectivity index (χ2v) is 6.99. The Hall–Kier alpha value is -2.95. The molecule has 0 bridgehead atoms. The van der Waals surface area contributed by atoms with E-state index in [2.05, 4.69) is 47.3 Å². The number of methoxy groups -OCH3 is 2. The number of rotatable bonds is 5. The summed E-state index contributed by atoms with van der Waals surface area (Å²) < 4.78 is 13.3. The van der Waals surface area contributed by atoms with Gasteiger partial charge in [0.1, 0.15) is 11.5 Å². The zero-order valence-corrected chi connectivity index (χ0v) is 16.8. The van der Waals surface area contributed by atoms with Crippen molar-refractivity contribution in [3.05, 3.63) is 53.6 Å². The van der Waals surface area contributed by atoms with E-state index in [-0.39, 0.29) is 0 Å². The molecule has 0 radical (unpaired) electrons. The lowest BCUT2D eigenvalue weighted by Crippen LogP contribution is -2.08. The Morgan fingerprint density at radius 3 is 2.68 bits per heavy atom. The maximum absolute atomic E-state index is 5.71. The van der Waals surface area contributed by atoms with Crippen LogP contribution in [0.15, 0.2) is 42.5 Å².